The second kappa shape index (κ2) is 9.37. The summed E-state index contributed by atoms with van der Waals surface area (Å²) in [6, 6.07) is 23.8. The van der Waals surface area contributed by atoms with E-state index in [1.807, 2.05) is 24.3 Å². The number of hydrogen-bond donors (Lipinski definition) is 3. The van der Waals surface area contributed by atoms with Crippen LogP contribution in [-0.4, -0.2) is 23.5 Å². The first kappa shape index (κ1) is 19.2. The topological polar surface area (TPSA) is 78.4 Å². The molecule has 0 aromatic heterocycles. The van der Waals surface area contributed by atoms with Crippen molar-refractivity contribution in [1.82, 2.24) is 0 Å². The maximum absolute atomic E-state index is 12.4. The Kier molecular flexibility index (Phi) is 6.41. The van der Waals surface area contributed by atoms with Crippen molar-refractivity contribution in [1.29, 1.82) is 0 Å². The van der Waals surface area contributed by atoms with Crippen LogP contribution < -0.4 is 10.6 Å². The number of rotatable bonds is 8. The fourth-order valence-corrected chi connectivity index (χ4v) is 2.90. The van der Waals surface area contributed by atoms with Crippen LogP contribution in [0.5, 0.6) is 0 Å². The van der Waals surface area contributed by atoms with Crippen molar-refractivity contribution in [3.8, 4) is 0 Å². The summed E-state index contributed by atoms with van der Waals surface area (Å²) >= 11 is 0. The van der Waals surface area contributed by atoms with E-state index in [0.29, 0.717) is 5.56 Å². The number of carboxylic acid groups (broad SMARTS) is 1. The molecule has 3 rings (SSSR count). The molecule has 0 heterocycles. The molecule has 0 saturated carbocycles. The van der Waals surface area contributed by atoms with Gasteiger partial charge >= 0.3 is 5.97 Å². The summed E-state index contributed by atoms with van der Waals surface area (Å²) in [5, 5.41) is 15.4. The molecule has 28 heavy (non-hydrogen) atoms. The molecule has 3 N–H and O–H groups in total. The maximum atomic E-state index is 12.4. The SMILES string of the molecule is O=C(Nc1cc(NCCCc2ccccc2)ccc1C(=O)O)c1ccccc1. The number of nitrogens with one attached hydrogen (secondary N) is 2. The second-order valence-electron chi connectivity index (χ2n) is 6.40. The number of carboxylic acids is 1. The molecule has 0 unspecified atom stereocenters. The van der Waals surface area contributed by atoms with Gasteiger partial charge in [0.1, 0.15) is 0 Å². The lowest BCUT2D eigenvalue weighted by molar-refractivity contribution is 0.0698. The van der Waals surface area contributed by atoms with Gasteiger partial charge in [-0.05, 0) is 48.7 Å². The van der Waals surface area contributed by atoms with E-state index in [4.69, 9.17) is 0 Å². The molecule has 0 aliphatic rings. The molecule has 0 aliphatic heterocycles. The first-order valence-corrected chi connectivity index (χ1v) is 9.15. The van der Waals surface area contributed by atoms with E-state index in [2.05, 4.69) is 22.8 Å². The van der Waals surface area contributed by atoms with Crippen molar-refractivity contribution in [2.24, 2.45) is 0 Å². The van der Waals surface area contributed by atoms with Gasteiger partial charge in [-0.1, -0.05) is 48.5 Å². The standard InChI is InChI=1S/C23H22N2O3/c26-22(18-11-5-2-6-12-18)25-21-16-19(13-14-20(21)23(27)28)24-15-7-10-17-8-3-1-4-9-17/h1-6,8-9,11-14,16,24H,7,10,15H2,(H,25,26)(H,27,28). The Morgan fingerprint density at radius 3 is 2.21 bits per heavy atom. The summed E-state index contributed by atoms with van der Waals surface area (Å²) in [6.45, 7) is 0.743. The smallest absolute Gasteiger partial charge is 0.337 e. The zero-order valence-corrected chi connectivity index (χ0v) is 15.4. The minimum absolute atomic E-state index is 0.0547. The van der Waals surface area contributed by atoms with Gasteiger partial charge in [0.2, 0.25) is 0 Å². The molecule has 1 amide bonds. The third-order valence-electron chi connectivity index (χ3n) is 4.35. The lowest BCUT2D eigenvalue weighted by Gasteiger charge is -2.12. The molecule has 0 spiro atoms. The lowest BCUT2D eigenvalue weighted by Crippen LogP contribution is -2.15. The number of anilines is 2. The molecule has 0 bridgehead atoms. The predicted octanol–water partition coefficient (Wildman–Crippen LogP) is 4.68. The van der Waals surface area contributed by atoms with Crippen LogP contribution in [0.3, 0.4) is 0 Å². The summed E-state index contributed by atoms with van der Waals surface area (Å²) in [5.41, 5.74) is 2.84. The zero-order valence-electron chi connectivity index (χ0n) is 15.4. The minimum atomic E-state index is -1.08. The molecule has 3 aromatic carbocycles. The highest BCUT2D eigenvalue weighted by atomic mass is 16.4. The van der Waals surface area contributed by atoms with Gasteiger partial charge in [0.05, 0.1) is 11.3 Å². The molecular formula is C23H22N2O3. The van der Waals surface area contributed by atoms with Gasteiger partial charge in [0.25, 0.3) is 5.91 Å². The third-order valence-corrected chi connectivity index (χ3v) is 4.35. The highest BCUT2D eigenvalue weighted by Gasteiger charge is 2.14. The molecule has 0 saturated heterocycles. The van der Waals surface area contributed by atoms with E-state index in [9.17, 15) is 14.7 Å². The number of hydrogen-bond acceptors (Lipinski definition) is 3. The quantitative estimate of drug-likeness (QED) is 0.500. The Morgan fingerprint density at radius 2 is 1.54 bits per heavy atom. The van der Waals surface area contributed by atoms with Crippen molar-refractivity contribution in [3.05, 3.63) is 95.6 Å². The van der Waals surface area contributed by atoms with Crippen molar-refractivity contribution in [3.63, 3.8) is 0 Å². The Balaban J connectivity index is 1.65. The average molecular weight is 374 g/mol. The van der Waals surface area contributed by atoms with Crippen LogP contribution >= 0.6 is 0 Å². The first-order valence-electron chi connectivity index (χ1n) is 9.15. The van der Waals surface area contributed by atoms with Crippen LogP contribution in [0.25, 0.3) is 0 Å². The summed E-state index contributed by atoms with van der Waals surface area (Å²) in [4.78, 5) is 23.9. The normalized spacial score (nSPS) is 10.3. The molecule has 3 aromatic rings. The summed E-state index contributed by atoms with van der Waals surface area (Å²) in [6.07, 6.45) is 1.90. The Morgan fingerprint density at radius 1 is 0.857 bits per heavy atom. The molecular weight excluding hydrogens is 352 g/mol. The van der Waals surface area contributed by atoms with Crippen LogP contribution in [0.15, 0.2) is 78.9 Å². The summed E-state index contributed by atoms with van der Waals surface area (Å²) in [5.74, 6) is -1.43. The van der Waals surface area contributed by atoms with Crippen LogP contribution in [0, 0.1) is 0 Å². The number of aromatic carboxylic acids is 1. The third kappa shape index (κ3) is 5.20. The van der Waals surface area contributed by atoms with Gasteiger partial charge < -0.3 is 15.7 Å². The Labute approximate surface area is 164 Å². The largest absolute Gasteiger partial charge is 0.478 e. The fourth-order valence-electron chi connectivity index (χ4n) is 2.90. The van der Waals surface area contributed by atoms with Gasteiger partial charge in [-0.25, -0.2) is 4.79 Å². The monoisotopic (exact) mass is 374 g/mol. The van der Waals surface area contributed by atoms with Crippen molar-refractivity contribution in [2.45, 2.75) is 12.8 Å². The maximum Gasteiger partial charge on any atom is 0.337 e. The van der Waals surface area contributed by atoms with E-state index in [1.54, 1.807) is 36.4 Å². The first-order chi connectivity index (χ1) is 13.6. The second-order valence-corrected chi connectivity index (χ2v) is 6.40. The minimum Gasteiger partial charge on any atom is -0.478 e. The van der Waals surface area contributed by atoms with Gasteiger partial charge in [-0.15, -0.1) is 0 Å². The van der Waals surface area contributed by atoms with E-state index in [1.165, 1.54) is 11.6 Å². The summed E-state index contributed by atoms with van der Waals surface area (Å²) < 4.78 is 0. The number of benzene rings is 3. The van der Waals surface area contributed by atoms with Gasteiger partial charge in [-0.3, -0.25) is 4.79 Å². The van der Waals surface area contributed by atoms with Crippen LogP contribution in [0.4, 0.5) is 11.4 Å². The molecule has 5 heteroatoms. The van der Waals surface area contributed by atoms with Gasteiger partial charge in [0, 0.05) is 17.8 Å². The summed E-state index contributed by atoms with van der Waals surface area (Å²) in [7, 11) is 0. The molecule has 0 fully saturated rings. The van der Waals surface area contributed by atoms with Crippen molar-refractivity contribution in [2.75, 3.05) is 17.2 Å². The molecule has 142 valence electrons. The highest BCUT2D eigenvalue weighted by Crippen LogP contribution is 2.22. The zero-order chi connectivity index (χ0) is 19.8. The number of carbonyl (C=O) groups excluding carboxylic acids is 1. The molecule has 5 nitrogen and oxygen atoms in total. The Hall–Kier alpha value is -3.60. The van der Waals surface area contributed by atoms with Gasteiger partial charge in [-0.2, -0.15) is 0 Å². The lowest BCUT2D eigenvalue weighted by atomic mass is 10.1. The molecule has 0 radical (unpaired) electrons. The fraction of sp³-hybridized carbons (Fsp3) is 0.130. The van der Waals surface area contributed by atoms with Crippen LogP contribution in [-0.2, 0) is 6.42 Å². The predicted molar refractivity (Wildman–Crippen MR) is 111 cm³/mol. The number of carbonyl (C=O) groups is 2. The molecule has 0 aliphatic carbocycles. The van der Waals surface area contributed by atoms with Crippen LogP contribution in [0.2, 0.25) is 0 Å². The molecule has 0 atom stereocenters. The van der Waals surface area contributed by atoms with Crippen molar-refractivity contribution < 1.29 is 14.7 Å². The van der Waals surface area contributed by atoms with E-state index in [0.717, 1.165) is 25.1 Å². The van der Waals surface area contributed by atoms with Crippen LogP contribution in [0.1, 0.15) is 32.7 Å². The number of amides is 1. The Bertz CT molecular complexity index is 941. The number of aryl methyl sites for hydroxylation is 1. The van der Waals surface area contributed by atoms with Crippen molar-refractivity contribution >= 4 is 23.3 Å². The van der Waals surface area contributed by atoms with E-state index in [-0.39, 0.29) is 17.2 Å². The van der Waals surface area contributed by atoms with E-state index < -0.39 is 5.97 Å². The van der Waals surface area contributed by atoms with Gasteiger partial charge in [0.15, 0.2) is 0 Å². The van der Waals surface area contributed by atoms with E-state index >= 15 is 0 Å². The highest BCUT2D eigenvalue weighted by molar-refractivity contribution is 6.08. The average Bonchev–Trinajstić information content (AvgIpc) is 2.72.